The van der Waals surface area contributed by atoms with Crippen molar-refractivity contribution in [3.8, 4) is 5.69 Å². The van der Waals surface area contributed by atoms with Gasteiger partial charge in [-0.2, -0.15) is 5.10 Å². The molecule has 4 heteroatoms. The zero-order valence-electron chi connectivity index (χ0n) is 12.5. The topological polar surface area (TPSA) is 46.9 Å². The van der Waals surface area contributed by atoms with Crippen LogP contribution in [0.1, 0.15) is 31.7 Å². The fraction of sp³-hybridized carbons (Fsp3) is 0.375. The summed E-state index contributed by atoms with van der Waals surface area (Å²) in [5, 5.41) is 7.49. The van der Waals surface area contributed by atoms with Gasteiger partial charge in [-0.25, -0.2) is 4.68 Å². The van der Waals surface area contributed by atoms with Crippen molar-refractivity contribution in [2.75, 3.05) is 5.32 Å². The Bertz CT molecular complexity index is 600. The zero-order chi connectivity index (χ0) is 14.7. The molecule has 0 aliphatic rings. The molecule has 0 unspecified atom stereocenters. The summed E-state index contributed by atoms with van der Waals surface area (Å²) < 4.78 is 1.86. The Hall–Kier alpha value is -2.10. The van der Waals surface area contributed by atoms with Crippen molar-refractivity contribution >= 4 is 11.6 Å². The second kappa shape index (κ2) is 5.90. The Balaban J connectivity index is 2.28. The molecule has 1 aromatic heterocycles. The molecule has 2 aromatic rings. The number of nitrogens with one attached hydrogen (secondary N) is 1. The summed E-state index contributed by atoms with van der Waals surface area (Å²) >= 11 is 0. The van der Waals surface area contributed by atoms with E-state index in [0.29, 0.717) is 12.3 Å². The number of hydrogen-bond acceptors (Lipinski definition) is 2. The fourth-order valence-corrected chi connectivity index (χ4v) is 2.21. The first-order valence-electron chi connectivity index (χ1n) is 6.90. The predicted octanol–water partition coefficient (Wildman–Crippen LogP) is 3.47. The molecule has 20 heavy (non-hydrogen) atoms. The monoisotopic (exact) mass is 271 g/mol. The number of aryl methyl sites for hydroxylation is 1. The average Bonchev–Trinajstić information content (AvgIpc) is 2.67. The van der Waals surface area contributed by atoms with E-state index < -0.39 is 0 Å². The number of anilines is 1. The zero-order valence-corrected chi connectivity index (χ0v) is 12.5. The van der Waals surface area contributed by atoms with E-state index in [1.165, 1.54) is 0 Å². The normalized spacial score (nSPS) is 10.8. The maximum atomic E-state index is 11.9. The summed E-state index contributed by atoms with van der Waals surface area (Å²) in [5.41, 5.74) is 3.60. The van der Waals surface area contributed by atoms with E-state index in [4.69, 9.17) is 0 Å². The molecule has 1 N–H and O–H groups in total. The summed E-state index contributed by atoms with van der Waals surface area (Å²) in [6.45, 7) is 7.95. The number of benzene rings is 1. The van der Waals surface area contributed by atoms with E-state index >= 15 is 0 Å². The molecule has 0 spiro atoms. The summed E-state index contributed by atoms with van der Waals surface area (Å²) in [5.74, 6) is 0.388. The van der Waals surface area contributed by atoms with Crippen molar-refractivity contribution in [3.05, 3.63) is 41.7 Å². The third-order valence-corrected chi connectivity index (χ3v) is 3.15. The molecule has 1 amide bonds. The van der Waals surface area contributed by atoms with Crippen molar-refractivity contribution < 1.29 is 4.79 Å². The molecule has 0 saturated carbocycles. The Morgan fingerprint density at radius 1 is 1.25 bits per heavy atom. The van der Waals surface area contributed by atoms with Gasteiger partial charge in [0.2, 0.25) is 5.91 Å². The highest BCUT2D eigenvalue weighted by Gasteiger charge is 2.15. The number of amides is 1. The van der Waals surface area contributed by atoms with Crippen LogP contribution in [-0.2, 0) is 4.79 Å². The largest absolute Gasteiger partial charge is 0.323 e. The second-order valence-corrected chi connectivity index (χ2v) is 5.44. The number of para-hydroxylation sites is 1. The van der Waals surface area contributed by atoms with E-state index in [-0.39, 0.29) is 5.91 Å². The minimum atomic E-state index is 0.0406. The van der Waals surface area contributed by atoms with Crippen molar-refractivity contribution in [2.24, 2.45) is 5.92 Å². The van der Waals surface area contributed by atoms with Gasteiger partial charge in [0.25, 0.3) is 0 Å². The van der Waals surface area contributed by atoms with Crippen LogP contribution in [0.15, 0.2) is 30.3 Å². The van der Waals surface area contributed by atoms with Crippen LogP contribution in [-0.4, -0.2) is 15.7 Å². The molecule has 0 radical (unpaired) electrons. The van der Waals surface area contributed by atoms with Gasteiger partial charge in [-0.15, -0.1) is 0 Å². The highest BCUT2D eigenvalue weighted by molar-refractivity contribution is 5.92. The SMILES string of the molecule is Cc1nn(-c2ccccc2)c(C)c1NC(=O)CC(C)C. The molecule has 0 aliphatic carbocycles. The van der Waals surface area contributed by atoms with Gasteiger partial charge < -0.3 is 5.32 Å². The number of aromatic nitrogens is 2. The van der Waals surface area contributed by atoms with E-state index in [9.17, 15) is 4.79 Å². The van der Waals surface area contributed by atoms with Gasteiger partial charge in [0.15, 0.2) is 0 Å². The van der Waals surface area contributed by atoms with E-state index in [0.717, 1.165) is 22.8 Å². The summed E-state index contributed by atoms with van der Waals surface area (Å²) in [6.07, 6.45) is 0.523. The highest BCUT2D eigenvalue weighted by atomic mass is 16.1. The number of carbonyl (C=O) groups excluding carboxylic acids is 1. The first-order valence-corrected chi connectivity index (χ1v) is 6.90. The first-order chi connectivity index (χ1) is 9.49. The predicted molar refractivity (Wildman–Crippen MR) is 81.1 cm³/mol. The minimum Gasteiger partial charge on any atom is -0.323 e. The Morgan fingerprint density at radius 2 is 1.90 bits per heavy atom. The third-order valence-electron chi connectivity index (χ3n) is 3.15. The Kier molecular flexibility index (Phi) is 4.23. The van der Waals surface area contributed by atoms with Gasteiger partial charge in [-0.05, 0) is 31.9 Å². The summed E-state index contributed by atoms with van der Waals surface area (Å²) in [6, 6.07) is 9.92. The van der Waals surface area contributed by atoms with Gasteiger partial charge in [0.05, 0.1) is 22.8 Å². The van der Waals surface area contributed by atoms with Gasteiger partial charge in [-0.3, -0.25) is 4.79 Å². The summed E-state index contributed by atoms with van der Waals surface area (Å²) in [7, 11) is 0. The molecule has 0 fully saturated rings. The maximum absolute atomic E-state index is 11.9. The molecule has 1 aromatic carbocycles. The van der Waals surface area contributed by atoms with Crippen molar-refractivity contribution in [2.45, 2.75) is 34.1 Å². The van der Waals surface area contributed by atoms with Crippen LogP contribution in [0, 0.1) is 19.8 Å². The van der Waals surface area contributed by atoms with Crippen LogP contribution in [0.3, 0.4) is 0 Å². The molecule has 0 aliphatic heterocycles. The van der Waals surface area contributed by atoms with Crippen molar-refractivity contribution in [3.63, 3.8) is 0 Å². The van der Waals surface area contributed by atoms with E-state index in [1.807, 2.05) is 62.7 Å². The molecule has 0 bridgehead atoms. The lowest BCUT2D eigenvalue weighted by Gasteiger charge is -2.08. The smallest absolute Gasteiger partial charge is 0.224 e. The Morgan fingerprint density at radius 3 is 2.50 bits per heavy atom. The second-order valence-electron chi connectivity index (χ2n) is 5.44. The Labute approximate surface area is 119 Å². The van der Waals surface area contributed by atoms with Gasteiger partial charge >= 0.3 is 0 Å². The van der Waals surface area contributed by atoms with Crippen LogP contribution in [0.4, 0.5) is 5.69 Å². The summed E-state index contributed by atoms with van der Waals surface area (Å²) in [4.78, 5) is 11.9. The molecule has 4 nitrogen and oxygen atoms in total. The molecular weight excluding hydrogens is 250 g/mol. The van der Waals surface area contributed by atoms with Gasteiger partial charge in [0.1, 0.15) is 0 Å². The van der Waals surface area contributed by atoms with Gasteiger partial charge in [-0.1, -0.05) is 32.0 Å². The number of rotatable bonds is 4. The first kappa shape index (κ1) is 14.3. The van der Waals surface area contributed by atoms with Gasteiger partial charge in [0, 0.05) is 6.42 Å². The average molecular weight is 271 g/mol. The lowest BCUT2D eigenvalue weighted by atomic mass is 10.1. The van der Waals surface area contributed by atoms with Crippen LogP contribution in [0.25, 0.3) is 5.69 Å². The number of hydrogen-bond donors (Lipinski definition) is 1. The van der Waals surface area contributed by atoms with Crippen LogP contribution >= 0.6 is 0 Å². The molecule has 0 saturated heterocycles. The number of carbonyl (C=O) groups is 1. The van der Waals surface area contributed by atoms with Crippen molar-refractivity contribution in [1.82, 2.24) is 9.78 Å². The minimum absolute atomic E-state index is 0.0406. The lowest BCUT2D eigenvalue weighted by Crippen LogP contribution is -2.15. The third kappa shape index (κ3) is 3.07. The van der Waals surface area contributed by atoms with Crippen LogP contribution in [0.2, 0.25) is 0 Å². The highest BCUT2D eigenvalue weighted by Crippen LogP contribution is 2.23. The molecule has 106 valence electrons. The fourth-order valence-electron chi connectivity index (χ4n) is 2.21. The van der Waals surface area contributed by atoms with Crippen LogP contribution < -0.4 is 5.32 Å². The lowest BCUT2D eigenvalue weighted by molar-refractivity contribution is -0.116. The molecule has 2 rings (SSSR count). The molecule has 1 heterocycles. The molecular formula is C16H21N3O. The van der Waals surface area contributed by atoms with Crippen LogP contribution in [0.5, 0.6) is 0 Å². The molecule has 0 atom stereocenters. The van der Waals surface area contributed by atoms with E-state index in [2.05, 4.69) is 10.4 Å². The quantitative estimate of drug-likeness (QED) is 0.925. The maximum Gasteiger partial charge on any atom is 0.224 e. The standard InChI is InChI=1S/C16H21N3O/c1-11(2)10-15(20)17-16-12(3)18-19(13(16)4)14-8-6-5-7-9-14/h5-9,11H,10H2,1-4H3,(H,17,20). The van der Waals surface area contributed by atoms with E-state index in [1.54, 1.807) is 0 Å². The number of nitrogens with zero attached hydrogens (tertiary/aromatic N) is 2. The van der Waals surface area contributed by atoms with Crippen molar-refractivity contribution in [1.29, 1.82) is 0 Å².